The van der Waals surface area contributed by atoms with Gasteiger partial charge in [0.25, 0.3) is 5.91 Å². The Morgan fingerprint density at radius 3 is 2.68 bits per heavy atom. The van der Waals surface area contributed by atoms with Crippen LogP contribution in [0.2, 0.25) is 5.02 Å². The van der Waals surface area contributed by atoms with E-state index in [-0.39, 0.29) is 18.3 Å². The number of carbonyl (C=O) groups excluding carboxylic acids is 1. The van der Waals surface area contributed by atoms with E-state index in [4.69, 9.17) is 11.6 Å². The fourth-order valence-electron chi connectivity index (χ4n) is 2.87. The Balaban J connectivity index is 0.00000225. The number of benzene rings is 2. The number of carbonyl (C=O) groups is 1. The lowest BCUT2D eigenvalue weighted by molar-refractivity contribution is 0.0986. The third-order valence-electron chi connectivity index (χ3n) is 4.21. The Bertz CT molecular complexity index is 1050. The molecule has 0 unspecified atom stereocenters. The maximum atomic E-state index is 13.1. The summed E-state index contributed by atoms with van der Waals surface area (Å²) in [5.41, 5.74) is 1.38. The molecule has 28 heavy (non-hydrogen) atoms. The van der Waals surface area contributed by atoms with Crippen molar-refractivity contribution in [2.75, 3.05) is 11.4 Å². The smallest absolute Gasteiger partial charge is 0.260 e. The number of halogens is 2. The van der Waals surface area contributed by atoms with Gasteiger partial charge in [0.05, 0.1) is 16.0 Å². The number of fused-ring (bicyclic) bond motifs is 1. The molecule has 1 amide bonds. The maximum absolute atomic E-state index is 13.1. The van der Waals surface area contributed by atoms with Crippen LogP contribution in [0, 0.1) is 0 Å². The van der Waals surface area contributed by atoms with Gasteiger partial charge < -0.3 is 4.57 Å². The van der Waals surface area contributed by atoms with Crippen LogP contribution >= 0.6 is 35.3 Å². The number of rotatable bonds is 6. The van der Waals surface area contributed by atoms with Crippen molar-refractivity contribution in [3.63, 3.8) is 0 Å². The van der Waals surface area contributed by atoms with Crippen molar-refractivity contribution < 1.29 is 4.79 Å². The molecule has 0 aliphatic carbocycles. The molecular weight excluding hydrogens is 415 g/mol. The van der Waals surface area contributed by atoms with Gasteiger partial charge in [-0.15, -0.1) is 12.4 Å². The summed E-state index contributed by atoms with van der Waals surface area (Å²) in [6, 6.07) is 15.0. The van der Waals surface area contributed by atoms with Crippen molar-refractivity contribution in [3.8, 4) is 0 Å². The van der Waals surface area contributed by atoms with E-state index in [1.165, 1.54) is 11.3 Å². The largest absolute Gasteiger partial charge is 0.337 e. The number of hydrogen-bond donors (Lipinski definition) is 0. The molecule has 0 N–H and O–H groups in total. The van der Waals surface area contributed by atoms with E-state index >= 15 is 0 Å². The fraction of sp³-hybridized carbons (Fsp3) is 0.150. The van der Waals surface area contributed by atoms with Crippen molar-refractivity contribution in [2.45, 2.75) is 13.0 Å². The first-order valence-corrected chi connectivity index (χ1v) is 9.79. The highest BCUT2D eigenvalue weighted by atomic mass is 35.5. The number of aromatic nitrogens is 3. The minimum Gasteiger partial charge on any atom is -0.337 e. The van der Waals surface area contributed by atoms with Crippen LogP contribution in [-0.2, 0) is 6.54 Å². The molecule has 4 rings (SSSR count). The third-order valence-corrected chi connectivity index (χ3v) is 5.56. The summed E-state index contributed by atoms with van der Waals surface area (Å²) >= 11 is 7.75. The van der Waals surface area contributed by atoms with E-state index in [0.29, 0.717) is 22.3 Å². The Kier molecular flexibility index (Phi) is 6.67. The van der Waals surface area contributed by atoms with E-state index in [1.54, 1.807) is 17.4 Å². The van der Waals surface area contributed by atoms with Gasteiger partial charge in [0.15, 0.2) is 5.13 Å². The van der Waals surface area contributed by atoms with Crippen LogP contribution < -0.4 is 4.90 Å². The molecule has 0 fully saturated rings. The SMILES string of the molecule is Cl.O=C(c1ccccc1)N(CCCn1ccnc1)c1nc2c(Cl)cccc2s1. The summed E-state index contributed by atoms with van der Waals surface area (Å²) in [7, 11) is 0. The number of aryl methyl sites for hydroxylation is 1. The summed E-state index contributed by atoms with van der Waals surface area (Å²) in [6.45, 7) is 1.34. The number of nitrogens with zero attached hydrogens (tertiary/aromatic N) is 4. The molecule has 0 aliphatic heterocycles. The van der Waals surface area contributed by atoms with Crippen molar-refractivity contribution in [1.29, 1.82) is 0 Å². The summed E-state index contributed by atoms with van der Waals surface area (Å²) < 4.78 is 2.97. The number of para-hydroxylation sites is 1. The van der Waals surface area contributed by atoms with E-state index in [0.717, 1.165) is 23.2 Å². The average molecular weight is 433 g/mol. The molecule has 0 spiro atoms. The van der Waals surface area contributed by atoms with E-state index in [1.807, 2.05) is 59.3 Å². The summed E-state index contributed by atoms with van der Waals surface area (Å²) in [4.78, 5) is 23.6. The van der Waals surface area contributed by atoms with Crippen molar-refractivity contribution in [1.82, 2.24) is 14.5 Å². The molecule has 0 atom stereocenters. The number of thiazole rings is 1. The zero-order chi connectivity index (χ0) is 18.6. The highest BCUT2D eigenvalue weighted by Crippen LogP contribution is 2.33. The highest BCUT2D eigenvalue weighted by Gasteiger charge is 2.21. The van der Waals surface area contributed by atoms with Gasteiger partial charge in [-0.05, 0) is 30.7 Å². The summed E-state index contributed by atoms with van der Waals surface area (Å²) in [5, 5.41) is 1.26. The van der Waals surface area contributed by atoms with E-state index < -0.39 is 0 Å². The van der Waals surface area contributed by atoms with Crippen molar-refractivity contribution >= 4 is 56.6 Å². The van der Waals surface area contributed by atoms with Gasteiger partial charge >= 0.3 is 0 Å². The van der Waals surface area contributed by atoms with Crippen LogP contribution in [0.4, 0.5) is 5.13 Å². The highest BCUT2D eigenvalue weighted by molar-refractivity contribution is 7.22. The minimum absolute atomic E-state index is 0. The van der Waals surface area contributed by atoms with Gasteiger partial charge in [-0.25, -0.2) is 9.97 Å². The van der Waals surface area contributed by atoms with Crippen LogP contribution in [0.5, 0.6) is 0 Å². The van der Waals surface area contributed by atoms with Crippen LogP contribution in [0.1, 0.15) is 16.8 Å². The number of hydrogen-bond acceptors (Lipinski definition) is 4. The van der Waals surface area contributed by atoms with E-state index in [2.05, 4.69) is 9.97 Å². The lowest BCUT2D eigenvalue weighted by atomic mass is 10.2. The lowest BCUT2D eigenvalue weighted by Gasteiger charge is -2.20. The first kappa shape index (κ1) is 20.3. The second-order valence-electron chi connectivity index (χ2n) is 6.06. The molecule has 2 aromatic heterocycles. The van der Waals surface area contributed by atoms with Gasteiger partial charge in [0.2, 0.25) is 0 Å². The van der Waals surface area contributed by atoms with Gasteiger partial charge in [-0.3, -0.25) is 9.69 Å². The van der Waals surface area contributed by atoms with Crippen molar-refractivity contribution in [2.24, 2.45) is 0 Å². The lowest BCUT2D eigenvalue weighted by Crippen LogP contribution is -2.32. The second kappa shape index (κ2) is 9.19. The molecule has 2 aromatic carbocycles. The molecule has 4 aromatic rings. The Labute approximate surface area is 178 Å². The molecule has 0 radical (unpaired) electrons. The Morgan fingerprint density at radius 1 is 1.14 bits per heavy atom. The summed E-state index contributed by atoms with van der Waals surface area (Å²) in [5.74, 6) is -0.0589. The fourth-order valence-corrected chi connectivity index (χ4v) is 4.16. The van der Waals surface area contributed by atoms with Crippen LogP contribution in [0.3, 0.4) is 0 Å². The zero-order valence-electron chi connectivity index (χ0n) is 14.9. The number of amides is 1. The molecular formula is C20H18Cl2N4OS. The zero-order valence-corrected chi connectivity index (χ0v) is 17.3. The number of anilines is 1. The first-order chi connectivity index (χ1) is 13.2. The van der Waals surface area contributed by atoms with Crippen LogP contribution in [0.15, 0.2) is 67.3 Å². The topological polar surface area (TPSA) is 51.0 Å². The predicted octanol–water partition coefficient (Wildman–Crippen LogP) is 5.31. The van der Waals surface area contributed by atoms with Gasteiger partial charge in [-0.1, -0.05) is 47.2 Å². The van der Waals surface area contributed by atoms with Gasteiger partial charge in [-0.2, -0.15) is 0 Å². The number of imidazole rings is 1. The molecule has 0 saturated heterocycles. The average Bonchev–Trinajstić information content (AvgIpc) is 3.36. The molecule has 2 heterocycles. The standard InChI is InChI=1S/C20H17ClN4OS.ClH/c21-16-8-4-9-17-18(16)23-20(27-17)25(12-5-11-24-13-10-22-14-24)19(26)15-6-2-1-3-7-15;/h1-4,6-10,13-14H,5,11-12H2;1H. The molecule has 0 saturated carbocycles. The monoisotopic (exact) mass is 432 g/mol. The van der Waals surface area contributed by atoms with E-state index in [9.17, 15) is 4.79 Å². The normalized spacial score (nSPS) is 10.6. The molecule has 5 nitrogen and oxygen atoms in total. The Hall–Kier alpha value is -2.41. The van der Waals surface area contributed by atoms with Gasteiger partial charge in [0.1, 0.15) is 5.52 Å². The molecule has 0 bridgehead atoms. The van der Waals surface area contributed by atoms with Crippen LogP contribution in [-0.4, -0.2) is 27.0 Å². The summed E-state index contributed by atoms with van der Waals surface area (Å²) in [6.07, 6.45) is 6.24. The Morgan fingerprint density at radius 2 is 1.96 bits per heavy atom. The molecule has 0 aliphatic rings. The second-order valence-corrected chi connectivity index (χ2v) is 7.48. The first-order valence-electron chi connectivity index (χ1n) is 8.60. The third kappa shape index (κ3) is 4.35. The predicted molar refractivity (Wildman–Crippen MR) is 117 cm³/mol. The molecule has 144 valence electrons. The van der Waals surface area contributed by atoms with Crippen LogP contribution in [0.25, 0.3) is 10.2 Å². The van der Waals surface area contributed by atoms with Gasteiger partial charge in [0, 0.05) is 31.0 Å². The molecule has 8 heteroatoms. The quantitative estimate of drug-likeness (QED) is 0.414. The maximum Gasteiger partial charge on any atom is 0.260 e. The minimum atomic E-state index is -0.0589. The van der Waals surface area contributed by atoms with Crippen molar-refractivity contribution in [3.05, 3.63) is 77.8 Å².